The number of thioether (sulfide) groups is 1. The van der Waals surface area contributed by atoms with Gasteiger partial charge in [-0.3, -0.25) is 0 Å². The van der Waals surface area contributed by atoms with Gasteiger partial charge in [0.2, 0.25) is 5.95 Å². The van der Waals surface area contributed by atoms with Crippen LogP contribution in [0, 0.1) is 0 Å². The second-order valence-electron chi connectivity index (χ2n) is 2.89. The maximum Gasteiger partial charge on any atom is 0.220 e. The molecule has 0 saturated heterocycles. The Balaban J connectivity index is 2.37. The molecule has 2 aromatic rings. The largest absolute Gasteiger partial charge is 0.368 e. The predicted molar refractivity (Wildman–Crippen MR) is 61.5 cm³/mol. The summed E-state index contributed by atoms with van der Waals surface area (Å²) in [5.74, 6) is 0.279. The van der Waals surface area contributed by atoms with Crippen LogP contribution in [0.1, 0.15) is 0 Å². The van der Waals surface area contributed by atoms with E-state index in [-0.39, 0.29) is 5.95 Å². The number of nitrogens with zero attached hydrogens (tertiary/aromatic N) is 3. The predicted octanol–water partition coefficient (Wildman–Crippen LogP) is 1.84. The monoisotopic (exact) mass is 218 g/mol. The van der Waals surface area contributed by atoms with Crippen molar-refractivity contribution in [3.63, 3.8) is 0 Å². The first kappa shape index (κ1) is 9.92. The van der Waals surface area contributed by atoms with Gasteiger partial charge in [0.15, 0.2) is 0 Å². The van der Waals surface area contributed by atoms with Gasteiger partial charge >= 0.3 is 0 Å². The highest BCUT2D eigenvalue weighted by molar-refractivity contribution is 7.98. The summed E-state index contributed by atoms with van der Waals surface area (Å²) in [6, 6.07) is 5.74. The average Bonchev–Trinajstić information content (AvgIpc) is 2.29. The molecule has 15 heavy (non-hydrogen) atoms. The highest BCUT2D eigenvalue weighted by Crippen LogP contribution is 2.18. The smallest absolute Gasteiger partial charge is 0.220 e. The minimum atomic E-state index is 0.279. The third-order valence-electron chi connectivity index (χ3n) is 1.92. The topological polar surface area (TPSA) is 64.7 Å². The van der Waals surface area contributed by atoms with E-state index in [1.165, 1.54) is 0 Å². The van der Waals surface area contributed by atoms with Crippen LogP contribution in [0.25, 0.3) is 11.3 Å². The summed E-state index contributed by atoms with van der Waals surface area (Å²) in [7, 11) is 0. The van der Waals surface area contributed by atoms with Gasteiger partial charge in [0.05, 0.1) is 10.7 Å². The molecule has 4 nitrogen and oxygen atoms in total. The average molecular weight is 218 g/mol. The van der Waals surface area contributed by atoms with Crippen LogP contribution in [0.5, 0.6) is 0 Å². The van der Waals surface area contributed by atoms with Gasteiger partial charge in [0, 0.05) is 18.0 Å². The van der Waals surface area contributed by atoms with Gasteiger partial charge in [-0.2, -0.15) is 0 Å². The minimum absolute atomic E-state index is 0.279. The van der Waals surface area contributed by atoms with E-state index in [0.29, 0.717) is 0 Å². The quantitative estimate of drug-likeness (QED) is 0.779. The lowest BCUT2D eigenvalue weighted by molar-refractivity contribution is 1.13. The maximum atomic E-state index is 5.51. The molecule has 0 atom stereocenters. The Bertz CT molecular complexity index is 455. The number of rotatable bonds is 2. The van der Waals surface area contributed by atoms with Crippen LogP contribution < -0.4 is 5.73 Å². The molecule has 0 unspecified atom stereocenters. The molecule has 2 N–H and O–H groups in total. The summed E-state index contributed by atoms with van der Waals surface area (Å²) in [6.45, 7) is 0. The molecule has 0 saturated carbocycles. The van der Waals surface area contributed by atoms with Crippen LogP contribution in [0.3, 0.4) is 0 Å². The van der Waals surface area contributed by atoms with Gasteiger partial charge in [0.1, 0.15) is 0 Å². The zero-order chi connectivity index (χ0) is 10.7. The number of hydrogen-bond acceptors (Lipinski definition) is 5. The summed E-state index contributed by atoms with van der Waals surface area (Å²) in [6.07, 6.45) is 5.42. The molecule has 0 aromatic carbocycles. The third-order valence-corrected chi connectivity index (χ3v) is 2.58. The van der Waals surface area contributed by atoms with E-state index in [9.17, 15) is 0 Å². The zero-order valence-electron chi connectivity index (χ0n) is 8.21. The number of aromatic nitrogens is 3. The van der Waals surface area contributed by atoms with E-state index in [2.05, 4.69) is 15.0 Å². The molecule has 2 aromatic heterocycles. The first-order valence-electron chi connectivity index (χ1n) is 4.38. The molecule has 0 amide bonds. The van der Waals surface area contributed by atoms with Crippen molar-refractivity contribution in [1.82, 2.24) is 15.0 Å². The SMILES string of the molecule is CSc1ccc(-c2ccnc(N)n2)cn1. The Kier molecular flexibility index (Phi) is 2.82. The molecule has 2 heterocycles. The lowest BCUT2D eigenvalue weighted by Crippen LogP contribution is -1.95. The molecule has 0 aliphatic heterocycles. The van der Waals surface area contributed by atoms with Gasteiger partial charge in [-0.25, -0.2) is 15.0 Å². The molecular formula is C10H10N4S. The second-order valence-corrected chi connectivity index (χ2v) is 3.72. The van der Waals surface area contributed by atoms with E-state index in [4.69, 9.17) is 5.73 Å². The first-order chi connectivity index (χ1) is 7.29. The van der Waals surface area contributed by atoms with E-state index in [0.717, 1.165) is 16.3 Å². The fourth-order valence-corrected chi connectivity index (χ4v) is 1.55. The molecule has 5 heteroatoms. The van der Waals surface area contributed by atoms with Crippen molar-refractivity contribution in [1.29, 1.82) is 0 Å². The van der Waals surface area contributed by atoms with Crippen LogP contribution in [-0.2, 0) is 0 Å². The Labute approximate surface area is 92.0 Å². The van der Waals surface area contributed by atoms with Crippen molar-refractivity contribution in [2.24, 2.45) is 0 Å². The highest BCUT2D eigenvalue weighted by atomic mass is 32.2. The van der Waals surface area contributed by atoms with Crippen molar-refractivity contribution in [3.05, 3.63) is 30.6 Å². The summed E-state index contributed by atoms with van der Waals surface area (Å²) in [5.41, 5.74) is 7.25. The van der Waals surface area contributed by atoms with Crippen molar-refractivity contribution in [3.8, 4) is 11.3 Å². The number of nitrogen functional groups attached to an aromatic ring is 1. The highest BCUT2D eigenvalue weighted by Gasteiger charge is 2.00. The van der Waals surface area contributed by atoms with Crippen LogP contribution in [0.4, 0.5) is 5.95 Å². The van der Waals surface area contributed by atoms with Gasteiger partial charge in [-0.05, 0) is 24.5 Å². The number of hydrogen-bond donors (Lipinski definition) is 1. The summed E-state index contributed by atoms with van der Waals surface area (Å²) in [4.78, 5) is 12.2. The van der Waals surface area contributed by atoms with E-state index in [1.807, 2.05) is 24.5 Å². The van der Waals surface area contributed by atoms with Gasteiger partial charge < -0.3 is 5.73 Å². The fraction of sp³-hybridized carbons (Fsp3) is 0.100. The first-order valence-corrected chi connectivity index (χ1v) is 5.61. The van der Waals surface area contributed by atoms with Crippen molar-refractivity contribution >= 4 is 17.7 Å². The minimum Gasteiger partial charge on any atom is -0.368 e. The molecule has 0 fully saturated rings. The second kappa shape index (κ2) is 4.27. The molecule has 2 rings (SSSR count). The number of pyridine rings is 1. The maximum absolute atomic E-state index is 5.51. The van der Waals surface area contributed by atoms with Crippen LogP contribution in [-0.4, -0.2) is 21.2 Å². The van der Waals surface area contributed by atoms with Crippen LogP contribution in [0.2, 0.25) is 0 Å². The van der Waals surface area contributed by atoms with Gasteiger partial charge in [-0.15, -0.1) is 11.8 Å². The Morgan fingerprint density at radius 3 is 2.67 bits per heavy atom. The summed E-state index contributed by atoms with van der Waals surface area (Å²) in [5, 5.41) is 0.987. The lowest BCUT2D eigenvalue weighted by atomic mass is 10.2. The Morgan fingerprint density at radius 2 is 2.07 bits per heavy atom. The molecular weight excluding hydrogens is 208 g/mol. The fourth-order valence-electron chi connectivity index (χ4n) is 1.19. The molecule has 0 radical (unpaired) electrons. The van der Waals surface area contributed by atoms with Gasteiger partial charge in [0.25, 0.3) is 0 Å². The van der Waals surface area contributed by atoms with Crippen molar-refractivity contribution in [2.75, 3.05) is 12.0 Å². The normalized spacial score (nSPS) is 10.2. The molecule has 76 valence electrons. The van der Waals surface area contributed by atoms with Crippen LogP contribution in [0.15, 0.2) is 35.6 Å². The molecule has 0 bridgehead atoms. The molecule has 0 aliphatic carbocycles. The molecule has 0 aliphatic rings. The standard InChI is InChI=1S/C10H10N4S/c1-15-9-3-2-7(6-13-9)8-4-5-12-10(11)14-8/h2-6H,1H3,(H2,11,12,14). The number of anilines is 1. The summed E-state index contributed by atoms with van der Waals surface area (Å²) < 4.78 is 0. The van der Waals surface area contributed by atoms with Crippen molar-refractivity contribution < 1.29 is 0 Å². The van der Waals surface area contributed by atoms with Gasteiger partial charge in [-0.1, -0.05) is 0 Å². The summed E-state index contributed by atoms with van der Waals surface area (Å²) >= 11 is 1.61. The number of nitrogens with two attached hydrogens (primary N) is 1. The van der Waals surface area contributed by atoms with E-state index in [1.54, 1.807) is 24.2 Å². The third kappa shape index (κ3) is 2.24. The van der Waals surface area contributed by atoms with Crippen LogP contribution >= 0.6 is 11.8 Å². The van der Waals surface area contributed by atoms with E-state index < -0.39 is 0 Å². The van der Waals surface area contributed by atoms with E-state index >= 15 is 0 Å². The molecule has 0 spiro atoms. The Morgan fingerprint density at radius 1 is 1.20 bits per heavy atom. The van der Waals surface area contributed by atoms with Crippen molar-refractivity contribution in [2.45, 2.75) is 5.03 Å². The lowest BCUT2D eigenvalue weighted by Gasteiger charge is -2.01. The Hall–Kier alpha value is -1.62. The zero-order valence-corrected chi connectivity index (χ0v) is 9.03.